The number of nitrogens with zero attached hydrogens (tertiary/aromatic N) is 1. The fourth-order valence-electron chi connectivity index (χ4n) is 1.07. The van der Waals surface area contributed by atoms with Crippen molar-refractivity contribution in [3.63, 3.8) is 0 Å². The molecule has 0 aliphatic carbocycles. The Balaban J connectivity index is 2.61. The maximum Gasteiger partial charge on any atom is 0.0270 e. The van der Waals surface area contributed by atoms with Crippen molar-refractivity contribution in [2.45, 2.75) is 12.8 Å². The Hall–Kier alpha value is -0.410. The van der Waals surface area contributed by atoms with E-state index in [0.717, 1.165) is 11.5 Å². The first-order valence-electron chi connectivity index (χ1n) is 4.31. The van der Waals surface area contributed by atoms with E-state index < -0.39 is 0 Å². The van der Waals surface area contributed by atoms with Crippen molar-refractivity contribution in [1.82, 2.24) is 4.98 Å². The van der Waals surface area contributed by atoms with Gasteiger partial charge in [-0.15, -0.1) is 0 Å². The Morgan fingerprint density at radius 2 is 2.23 bits per heavy atom. The van der Waals surface area contributed by atoms with Gasteiger partial charge in [-0.25, -0.2) is 0 Å². The molecule has 1 rings (SSSR count). The van der Waals surface area contributed by atoms with Crippen LogP contribution in [0.2, 0.25) is 0 Å². The van der Waals surface area contributed by atoms with Crippen molar-refractivity contribution in [3.8, 4) is 0 Å². The summed E-state index contributed by atoms with van der Waals surface area (Å²) in [6, 6.07) is 4.06. The number of rotatable bonds is 5. The third-order valence-electron chi connectivity index (χ3n) is 1.80. The molecule has 70 valence electrons. The quantitative estimate of drug-likeness (QED) is 0.695. The van der Waals surface area contributed by atoms with E-state index in [-0.39, 0.29) is 0 Å². The van der Waals surface area contributed by atoms with E-state index in [4.69, 9.17) is 12.2 Å². The molecule has 1 aromatic heterocycles. The van der Waals surface area contributed by atoms with Crippen LogP contribution in [0.1, 0.15) is 18.4 Å². The molecule has 0 saturated heterocycles. The number of pyridine rings is 1. The number of hydrogen-bond donors (Lipinski definition) is 0. The van der Waals surface area contributed by atoms with Crippen LogP contribution in [-0.2, 0) is 0 Å². The zero-order valence-corrected chi connectivity index (χ0v) is 9.28. The third-order valence-corrected chi connectivity index (χ3v) is 3.13. The van der Waals surface area contributed by atoms with Crippen LogP contribution in [0.5, 0.6) is 0 Å². The van der Waals surface area contributed by atoms with E-state index in [1.165, 1.54) is 5.56 Å². The van der Waals surface area contributed by atoms with Gasteiger partial charge >= 0.3 is 0 Å². The van der Waals surface area contributed by atoms with Crippen LogP contribution >= 0.6 is 24.0 Å². The van der Waals surface area contributed by atoms with E-state index in [1.807, 2.05) is 41.7 Å². The summed E-state index contributed by atoms with van der Waals surface area (Å²) in [6.07, 6.45) is 3.63. The SMILES string of the molecule is CCSCC(C=S)c1ccncc1. The van der Waals surface area contributed by atoms with Crippen molar-refractivity contribution in [2.75, 3.05) is 11.5 Å². The number of thiocarbonyl (C=S) groups is 1. The Morgan fingerprint density at radius 3 is 2.77 bits per heavy atom. The summed E-state index contributed by atoms with van der Waals surface area (Å²) in [7, 11) is 0. The topological polar surface area (TPSA) is 12.9 Å². The fourth-order valence-corrected chi connectivity index (χ4v) is 2.22. The second kappa shape index (κ2) is 6.11. The highest BCUT2D eigenvalue weighted by atomic mass is 32.2. The summed E-state index contributed by atoms with van der Waals surface area (Å²) in [5.74, 6) is 2.61. The molecule has 1 nitrogen and oxygen atoms in total. The first-order chi connectivity index (χ1) is 6.38. The predicted octanol–water partition coefficient (Wildman–Crippen LogP) is 2.92. The molecular weight excluding hydrogens is 198 g/mol. The fraction of sp³-hybridized carbons (Fsp3) is 0.400. The molecular formula is C10H13NS2. The summed E-state index contributed by atoms with van der Waals surface area (Å²) in [5, 5.41) is 1.85. The molecule has 3 heteroatoms. The van der Waals surface area contributed by atoms with Gasteiger partial charge in [-0.1, -0.05) is 19.1 Å². The largest absolute Gasteiger partial charge is 0.265 e. The van der Waals surface area contributed by atoms with Gasteiger partial charge in [-0.2, -0.15) is 11.8 Å². The van der Waals surface area contributed by atoms with Crippen molar-refractivity contribution >= 4 is 29.3 Å². The highest BCUT2D eigenvalue weighted by Crippen LogP contribution is 2.18. The minimum Gasteiger partial charge on any atom is -0.265 e. The molecule has 0 aliphatic heterocycles. The standard InChI is InChI=1S/C10H13NS2/c1-2-13-8-10(7-12)9-3-5-11-6-4-9/h3-7,10H,2,8H2,1H3. The van der Waals surface area contributed by atoms with Crippen LogP contribution in [0.25, 0.3) is 0 Å². The third kappa shape index (κ3) is 3.44. The molecule has 0 saturated carbocycles. The second-order valence-corrected chi connectivity index (χ2v) is 4.27. The summed E-state index contributed by atoms with van der Waals surface area (Å²) in [4.78, 5) is 3.99. The first-order valence-corrected chi connectivity index (χ1v) is 5.94. The van der Waals surface area contributed by atoms with Gasteiger partial charge in [0.15, 0.2) is 0 Å². The Morgan fingerprint density at radius 1 is 1.54 bits per heavy atom. The Kier molecular flexibility index (Phi) is 5.01. The molecule has 0 aromatic carbocycles. The first kappa shape index (κ1) is 10.7. The molecule has 0 spiro atoms. The highest BCUT2D eigenvalue weighted by Gasteiger charge is 2.06. The summed E-state index contributed by atoms with van der Waals surface area (Å²) in [6.45, 7) is 2.16. The van der Waals surface area contributed by atoms with Gasteiger partial charge in [0, 0.05) is 24.1 Å². The summed E-state index contributed by atoms with van der Waals surface area (Å²) >= 11 is 6.93. The minimum absolute atomic E-state index is 0.392. The monoisotopic (exact) mass is 211 g/mol. The van der Waals surface area contributed by atoms with Gasteiger partial charge in [0.05, 0.1) is 0 Å². The van der Waals surface area contributed by atoms with Crippen LogP contribution in [0, 0.1) is 0 Å². The lowest BCUT2D eigenvalue weighted by molar-refractivity contribution is 1.06. The summed E-state index contributed by atoms with van der Waals surface area (Å²) < 4.78 is 0. The van der Waals surface area contributed by atoms with E-state index in [1.54, 1.807) is 0 Å². The van der Waals surface area contributed by atoms with Gasteiger partial charge in [0.2, 0.25) is 0 Å². The van der Waals surface area contributed by atoms with Gasteiger partial charge in [0.25, 0.3) is 0 Å². The normalized spacial score (nSPS) is 12.4. The van der Waals surface area contributed by atoms with Gasteiger partial charge in [-0.3, -0.25) is 4.98 Å². The Labute approximate surface area is 89.0 Å². The molecule has 0 N–H and O–H groups in total. The number of hydrogen-bond acceptors (Lipinski definition) is 3. The second-order valence-electron chi connectivity index (χ2n) is 2.68. The van der Waals surface area contributed by atoms with E-state index in [0.29, 0.717) is 5.92 Å². The highest BCUT2D eigenvalue weighted by molar-refractivity contribution is 7.99. The molecule has 1 unspecified atom stereocenters. The maximum atomic E-state index is 5.01. The van der Waals surface area contributed by atoms with Crippen LogP contribution in [0.4, 0.5) is 0 Å². The van der Waals surface area contributed by atoms with Crippen LogP contribution in [0.15, 0.2) is 24.5 Å². The predicted molar refractivity (Wildman–Crippen MR) is 63.6 cm³/mol. The van der Waals surface area contributed by atoms with Crippen molar-refractivity contribution < 1.29 is 0 Å². The molecule has 0 amide bonds. The van der Waals surface area contributed by atoms with E-state index >= 15 is 0 Å². The van der Waals surface area contributed by atoms with Crippen LogP contribution in [0.3, 0.4) is 0 Å². The molecule has 0 aliphatic rings. The average Bonchev–Trinajstić information content (AvgIpc) is 2.21. The van der Waals surface area contributed by atoms with Crippen LogP contribution in [-0.4, -0.2) is 21.9 Å². The van der Waals surface area contributed by atoms with Gasteiger partial charge < -0.3 is 0 Å². The Bertz CT molecular complexity index is 248. The number of aromatic nitrogens is 1. The van der Waals surface area contributed by atoms with Gasteiger partial charge in [0.1, 0.15) is 0 Å². The maximum absolute atomic E-state index is 5.01. The molecule has 0 fully saturated rings. The smallest absolute Gasteiger partial charge is 0.0270 e. The molecule has 13 heavy (non-hydrogen) atoms. The van der Waals surface area contributed by atoms with Crippen molar-refractivity contribution in [1.29, 1.82) is 0 Å². The zero-order chi connectivity index (χ0) is 9.52. The van der Waals surface area contributed by atoms with E-state index in [9.17, 15) is 0 Å². The van der Waals surface area contributed by atoms with Crippen LogP contribution < -0.4 is 0 Å². The number of thioether (sulfide) groups is 1. The average molecular weight is 211 g/mol. The van der Waals surface area contributed by atoms with Crippen molar-refractivity contribution in [2.24, 2.45) is 0 Å². The van der Waals surface area contributed by atoms with Crippen molar-refractivity contribution in [3.05, 3.63) is 30.1 Å². The molecule has 1 aromatic rings. The lowest BCUT2D eigenvalue weighted by Crippen LogP contribution is -2.02. The molecule has 0 radical (unpaired) electrons. The molecule has 1 atom stereocenters. The lowest BCUT2D eigenvalue weighted by Gasteiger charge is -2.09. The van der Waals surface area contributed by atoms with Gasteiger partial charge in [-0.05, 0) is 28.8 Å². The van der Waals surface area contributed by atoms with E-state index in [2.05, 4.69) is 11.9 Å². The minimum atomic E-state index is 0.392. The molecule has 0 bridgehead atoms. The zero-order valence-electron chi connectivity index (χ0n) is 7.64. The lowest BCUT2D eigenvalue weighted by atomic mass is 10.1. The molecule has 1 heterocycles. The summed E-state index contributed by atoms with van der Waals surface area (Å²) in [5.41, 5.74) is 1.27.